The molecule has 36 heavy (non-hydrogen) atoms. The van der Waals surface area contributed by atoms with Gasteiger partial charge in [0.15, 0.2) is 0 Å². The van der Waals surface area contributed by atoms with Crippen molar-refractivity contribution in [2.24, 2.45) is 0 Å². The zero-order valence-electron chi connectivity index (χ0n) is 24.7. The van der Waals surface area contributed by atoms with Gasteiger partial charge in [0.05, 0.1) is 13.2 Å². The third kappa shape index (κ3) is 25.5. The Hall–Kier alpha value is -0.160. The summed E-state index contributed by atoms with van der Waals surface area (Å²) in [5.41, 5.74) is 0. The van der Waals surface area contributed by atoms with Crippen molar-refractivity contribution in [2.45, 2.75) is 180 Å². The van der Waals surface area contributed by atoms with Crippen LogP contribution in [0.3, 0.4) is 0 Å². The van der Waals surface area contributed by atoms with Gasteiger partial charge in [0.25, 0.3) is 0 Å². The van der Waals surface area contributed by atoms with Crippen LogP contribution in [0.2, 0.25) is 0 Å². The summed E-state index contributed by atoms with van der Waals surface area (Å²) in [7, 11) is 0. The molecule has 0 aliphatic heterocycles. The molecular weight excluding hydrogens is 448 g/mol. The lowest BCUT2D eigenvalue weighted by atomic mass is 10.1. The number of aliphatic hydroxyl groups excluding tert-OH is 2. The van der Waals surface area contributed by atoms with Gasteiger partial charge in [-0.1, -0.05) is 155 Å². The van der Waals surface area contributed by atoms with Crippen molar-refractivity contribution < 1.29 is 19.7 Å². The maximum atomic E-state index is 9.71. The third-order valence-corrected chi connectivity index (χ3v) is 7.43. The topological polar surface area (TPSA) is 58.9 Å². The summed E-state index contributed by atoms with van der Waals surface area (Å²) in [5.74, 6) is 0. The lowest BCUT2D eigenvalue weighted by molar-refractivity contribution is -0.110. The summed E-state index contributed by atoms with van der Waals surface area (Å²) in [6.07, 6.45) is 30.9. The van der Waals surface area contributed by atoms with Crippen LogP contribution in [0.4, 0.5) is 0 Å². The van der Waals surface area contributed by atoms with Crippen LogP contribution in [0.15, 0.2) is 0 Å². The second-order valence-electron chi connectivity index (χ2n) is 11.0. The summed E-state index contributed by atoms with van der Waals surface area (Å²) < 4.78 is 11.7. The highest BCUT2D eigenvalue weighted by atomic mass is 16.6. The molecule has 0 saturated heterocycles. The molecule has 0 heterocycles. The van der Waals surface area contributed by atoms with E-state index in [1.807, 2.05) is 0 Å². The van der Waals surface area contributed by atoms with E-state index < -0.39 is 12.2 Å². The fraction of sp³-hybridized carbons (Fsp3) is 1.00. The molecule has 0 aromatic heterocycles. The third-order valence-electron chi connectivity index (χ3n) is 7.43. The van der Waals surface area contributed by atoms with Crippen LogP contribution in [-0.2, 0) is 9.47 Å². The van der Waals surface area contributed by atoms with Crippen molar-refractivity contribution in [3.8, 4) is 0 Å². The summed E-state index contributed by atoms with van der Waals surface area (Å²) >= 11 is 0. The first-order valence-corrected chi connectivity index (χ1v) is 16.2. The molecular formula is C32H66O4. The van der Waals surface area contributed by atoms with Crippen LogP contribution in [0, 0.1) is 0 Å². The Morgan fingerprint density at radius 3 is 0.806 bits per heavy atom. The van der Waals surface area contributed by atoms with Crippen LogP contribution in [0.25, 0.3) is 0 Å². The van der Waals surface area contributed by atoms with Gasteiger partial charge in [0.2, 0.25) is 0 Å². The normalized spacial score (nSPS) is 13.3. The molecule has 0 unspecified atom stereocenters. The summed E-state index contributed by atoms with van der Waals surface area (Å²) in [6, 6.07) is 0. The molecule has 2 atom stereocenters. The Kier molecular flexibility index (Phi) is 30.9. The van der Waals surface area contributed by atoms with Crippen molar-refractivity contribution in [2.75, 3.05) is 26.4 Å². The van der Waals surface area contributed by atoms with E-state index in [4.69, 9.17) is 9.47 Å². The van der Waals surface area contributed by atoms with Gasteiger partial charge in [-0.15, -0.1) is 0 Å². The predicted molar refractivity (Wildman–Crippen MR) is 156 cm³/mol. The van der Waals surface area contributed by atoms with Gasteiger partial charge in [0.1, 0.15) is 12.2 Å². The summed E-state index contributed by atoms with van der Waals surface area (Å²) in [4.78, 5) is 0. The number of hydrogen-bond acceptors (Lipinski definition) is 4. The molecule has 0 fully saturated rings. The van der Waals surface area contributed by atoms with Gasteiger partial charge in [-0.3, -0.25) is 0 Å². The Morgan fingerprint density at radius 2 is 0.583 bits per heavy atom. The van der Waals surface area contributed by atoms with E-state index in [0.717, 1.165) is 12.8 Å². The lowest BCUT2D eigenvalue weighted by Crippen LogP contribution is -2.38. The van der Waals surface area contributed by atoms with Gasteiger partial charge in [0, 0.05) is 13.2 Å². The Morgan fingerprint density at radius 1 is 0.361 bits per heavy atom. The van der Waals surface area contributed by atoms with Crippen LogP contribution < -0.4 is 0 Å². The smallest absolute Gasteiger partial charge is 0.109 e. The highest BCUT2D eigenvalue weighted by Gasteiger charge is 2.21. The van der Waals surface area contributed by atoms with Crippen molar-refractivity contribution in [1.29, 1.82) is 0 Å². The van der Waals surface area contributed by atoms with Gasteiger partial charge in [-0.25, -0.2) is 0 Å². The number of hydrogen-bond donors (Lipinski definition) is 2. The van der Waals surface area contributed by atoms with Crippen LogP contribution in [0.5, 0.6) is 0 Å². The van der Waals surface area contributed by atoms with E-state index in [0.29, 0.717) is 13.2 Å². The zero-order valence-corrected chi connectivity index (χ0v) is 24.7. The predicted octanol–water partition coefficient (Wildman–Crippen LogP) is 9.14. The van der Waals surface area contributed by atoms with Crippen molar-refractivity contribution in [3.05, 3.63) is 0 Å². The molecule has 0 aromatic rings. The van der Waals surface area contributed by atoms with E-state index in [1.165, 1.54) is 141 Å². The van der Waals surface area contributed by atoms with E-state index in [-0.39, 0.29) is 13.2 Å². The Labute approximate surface area is 226 Å². The monoisotopic (exact) mass is 514 g/mol. The first kappa shape index (κ1) is 35.8. The number of unbranched alkanes of at least 4 members (excludes halogenated alkanes) is 22. The van der Waals surface area contributed by atoms with Crippen LogP contribution in [0.1, 0.15) is 168 Å². The van der Waals surface area contributed by atoms with Crippen molar-refractivity contribution in [1.82, 2.24) is 0 Å². The first-order valence-electron chi connectivity index (χ1n) is 16.2. The molecule has 0 bridgehead atoms. The quantitative estimate of drug-likeness (QED) is 0.0905. The van der Waals surface area contributed by atoms with Crippen LogP contribution in [-0.4, -0.2) is 48.8 Å². The summed E-state index contributed by atoms with van der Waals surface area (Å²) in [6.45, 7) is 5.63. The minimum atomic E-state index is -0.417. The molecule has 0 amide bonds. The molecule has 0 saturated carbocycles. The minimum Gasteiger partial charge on any atom is -0.394 e. The van der Waals surface area contributed by atoms with E-state index >= 15 is 0 Å². The summed E-state index contributed by atoms with van der Waals surface area (Å²) in [5, 5.41) is 19.4. The number of aliphatic hydroxyl groups is 2. The molecule has 0 radical (unpaired) electrons. The molecule has 4 heteroatoms. The number of ether oxygens (including phenoxy) is 2. The highest BCUT2D eigenvalue weighted by molar-refractivity contribution is 4.69. The van der Waals surface area contributed by atoms with Crippen molar-refractivity contribution >= 4 is 0 Å². The average Bonchev–Trinajstić information content (AvgIpc) is 2.90. The highest BCUT2D eigenvalue weighted by Crippen LogP contribution is 2.14. The fourth-order valence-electron chi connectivity index (χ4n) is 4.91. The Bertz CT molecular complexity index is 354. The Balaban J connectivity index is 3.54. The molecule has 4 nitrogen and oxygen atoms in total. The maximum Gasteiger partial charge on any atom is 0.109 e. The lowest BCUT2D eigenvalue weighted by Gasteiger charge is -2.24. The average molecular weight is 515 g/mol. The van der Waals surface area contributed by atoms with Gasteiger partial charge < -0.3 is 19.7 Å². The molecule has 0 aromatic carbocycles. The molecule has 0 aliphatic rings. The van der Waals surface area contributed by atoms with Gasteiger partial charge >= 0.3 is 0 Å². The van der Waals surface area contributed by atoms with Gasteiger partial charge in [-0.2, -0.15) is 0 Å². The molecule has 0 rings (SSSR count). The van der Waals surface area contributed by atoms with E-state index in [1.54, 1.807) is 0 Å². The second kappa shape index (κ2) is 31.1. The van der Waals surface area contributed by atoms with E-state index in [2.05, 4.69) is 13.8 Å². The fourth-order valence-corrected chi connectivity index (χ4v) is 4.91. The first-order chi connectivity index (χ1) is 17.8. The zero-order chi connectivity index (χ0) is 26.4. The molecule has 0 spiro atoms. The standard InChI is InChI=1S/C32H66O4/c1-3-5-7-9-11-13-15-17-19-21-23-25-27-35-31(29-33)32(30-34)36-28-26-24-22-20-18-16-14-12-10-8-6-4-2/h31-34H,3-30H2,1-2H3/t31-,32-/m0/s1. The largest absolute Gasteiger partial charge is 0.394 e. The molecule has 218 valence electrons. The molecule has 0 aliphatic carbocycles. The van der Waals surface area contributed by atoms with Gasteiger partial charge in [-0.05, 0) is 12.8 Å². The van der Waals surface area contributed by atoms with Crippen molar-refractivity contribution in [3.63, 3.8) is 0 Å². The minimum absolute atomic E-state index is 0.0953. The van der Waals surface area contributed by atoms with E-state index in [9.17, 15) is 10.2 Å². The maximum absolute atomic E-state index is 9.71. The number of rotatable bonds is 31. The molecule has 2 N–H and O–H groups in total. The second-order valence-corrected chi connectivity index (χ2v) is 11.0. The van der Waals surface area contributed by atoms with Crippen LogP contribution >= 0.6 is 0 Å². The SMILES string of the molecule is CCCCCCCCCCCCCCO[C@@H](CO)[C@H](CO)OCCCCCCCCCCCCCC.